The van der Waals surface area contributed by atoms with Gasteiger partial charge in [-0.25, -0.2) is 0 Å². The van der Waals surface area contributed by atoms with Crippen molar-refractivity contribution in [1.82, 2.24) is 0 Å². The number of carboxylic acids is 1. The summed E-state index contributed by atoms with van der Waals surface area (Å²) < 4.78 is 6.90. The standard InChI is InChI=1S/C28H31O4P/c29-27(30)21-22-28(31)32-33(23-13-5-1-6-14-23,24-15-7-2-8-16-24,25-17-9-3-10-18-25)26-19-11-4-12-20-26/h1-3,5-10,13-18,26H,4,11-12,19-22H2,(H,29,30). The summed E-state index contributed by atoms with van der Waals surface area (Å²) in [7, 11) is 0. The molecule has 5 heteroatoms. The van der Waals surface area contributed by atoms with Crippen molar-refractivity contribution in [2.75, 3.05) is 0 Å². The molecule has 1 aliphatic carbocycles. The van der Waals surface area contributed by atoms with Gasteiger partial charge in [0.1, 0.15) is 0 Å². The van der Waals surface area contributed by atoms with E-state index < -0.39 is 18.8 Å². The van der Waals surface area contributed by atoms with Gasteiger partial charge in [-0.1, -0.05) is 0 Å². The Kier molecular flexibility index (Phi) is 6.95. The van der Waals surface area contributed by atoms with Crippen LogP contribution >= 0.6 is 6.83 Å². The molecule has 0 unspecified atom stereocenters. The molecule has 0 bridgehead atoms. The first kappa shape index (κ1) is 23.2. The Labute approximate surface area is 195 Å². The molecule has 0 heterocycles. The van der Waals surface area contributed by atoms with E-state index in [0.29, 0.717) is 0 Å². The minimum absolute atomic E-state index is 0.130. The van der Waals surface area contributed by atoms with Crippen LogP contribution in [-0.2, 0) is 14.1 Å². The second-order valence-corrected chi connectivity index (χ2v) is 13.4. The molecule has 0 radical (unpaired) electrons. The summed E-state index contributed by atoms with van der Waals surface area (Å²) in [6, 6.07) is 30.6. The average Bonchev–Trinajstić information content (AvgIpc) is 2.88. The molecule has 0 atom stereocenters. The van der Waals surface area contributed by atoms with Crippen LogP contribution in [0.1, 0.15) is 44.9 Å². The molecule has 0 aromatic heterocycles. The van der Waals surface area contributed by atoms with Gasteiger partial charge in [-0.3, -0.25) is 0 Å². The average molecular weight is 463 g/mol. The third-order valence-corrected chi connectivity index (χ3v) is 13.4. The number of rotatable bonds is 8. The van der Waals surface area contributed by atoms with Crippen molar-refractivity contribution in [2.24, 2.45) is 0 Å². The van der Waals surface area contributed by atoms with E-state index in [1.165, 1.54) is 6.42 Å². The Bertz CT molecular complexity index is 977. The summed E-state index contributed by atoms with van der Waals surface area (Å²) in [6.45, 7) is -3.78. The zero-order chi connectivity index (χ0) is 23.2. The van der Waals surface area contributed by atoms with E-state index in [0.717, 1.165) is 41.6 Å². The van der Waals surface area contributed by atoms with Gasteiger partial charge in [0, 0.05) is 0 Å². The maximum absolute atomic E-state index is 13.5. The summed E-state index contributed by atoms with van der Waals surface area (Å²) in [6.07, 6.45) is 4.88. The Hall–Kier alpha value is -2.97. The number of carbonyl (C=O) groups excluding carboxylic acids is 1. The molecule has 0 spiro atoms. The van der Waals surface area contributed by atoms with Crippen molar-refractivity contribution in [3.63, 3.8) is 0 Å². The van der Waals surface area contributed by atoms with Crippen molar-refractivity contribution in [3.05, 3.63) is 91.0 Å². The molecular weight excluding hydrogens is 431 g/mol. The van der Waals surface area contributed by atoms with Crippen LogP contribution in [0.2, 0.25) is 0 Å². The van der Waals surface area contributed by atoms with Gasteiger partial charge in [0.25, 0.3) is 0 Å². The molecule has 1 fully saturated rings. The molecular formula is C28H31O4P. The Morgan fingerprint density at radius 1 is 0.697 bits per heavy atom. The van der Waals surface area contributed by atoms with Crippen molar-refractivity contribution in [3.8, 4) is 0 Å². The Balaban J connectivity index is 2.09. The number of aliphatic carboxylic acids is 1. The van der Waals surface area contributed by atoms with Gasteiger partial charge in [-0.2, -0.15) is 0 Å². The molecule has 3 aromatic carbocycles. The summed E-state index contributed by atoms with van der Waals surface area (Å²) in [5.74, 6) is -1.44. The van der Waals surface area contributed by atoms with Crippen LogP contribution < -0.4 is 15.9 Å². The molecule has 4 nitrogen and oxygen atoms in total. The molecule has 0 amide bonds. The molecule has 4 rings (SSSR count). The van der Waals surface area contributed by atoms with E-state index in [-0.39, 0.29) is 18.5 Å². The van der Waals surface area contributed by atoms with E-state index in [4.69, 9.17) is 4.52 Å². The molecule has 3 aromatic rings. The second-order valence-electron chi connectivity index (χ2n) is 8.76. The van der Waals surface area contributed by atoms with Gasteiger partial charge in [0.05, 0.1) is 0 Å². The minimum atomic E-state index is -3.78. The second kappa shape index (κ2) is 9.89. The van der Waals surface area contributed by atoms with Gasteiger partial charge in [-0.15, -0.1) is 0 Å². The van der Waals surface area contributed by atoms with Crippen molar-refractivity contribution in [2.45, 2.75) is 50.6 Å². The summed E-state index contributed by atoms with van der Waals surface area (Å²) in [5, 5.41) is 12.3. The fourth-order valence-electron chi connectivity index (χ4n) is 5.52. The molecule has 0 aliphatic heterocycles. The van der Waals surface area contributed by atoms with Crippen LogP contribution in [0.4, 0.5) is 0 Å². The molecule has 1 saturated carbocycles. The van der Waals surface area contributed by atoms with E-state index in [2.05, 4.69) is 36.4 Å². The molecule has 0 saturated heterocycles. The number of benzene rings is 3. The zero-order valence-electron chi connectivity index (χ0n) is 18.8. The number of hydrogen-bond donors (Lipinski definition) is 1. The number of hydrogen-bond acceptors (Lipinski definition) is 3. The van der Waals surface area contributed by atoms with Gasteiger partial charge in [-0.05, 0) is 0 Å². The van der Waals surface area contributed by atoms with Crippen LogP contribution in [0, 0.1) is 0 Å². The van der Waals surface area contributed by atoms with Crippen molar-refractivity contribution < 1.29 is 19.2 Å². The fraction of sp³-hybridized carbons (Fsp3) is 0.286. The van der Waals surface area contributed by atoms with Crippen LogP contribution in [0.3, 0.4) is 0 Å². The van der Waals surface area contributed by atoms with Crippen LogP contribution in [0.15, 0.2) is 91.0 Å². The van der Waals surface area contributed by atoms with Crippen LogP contribution in [0.25, 0.3) is 0 Å². The number of carbonyl (C=O) groups is 2. The molecule has 33 heavy (non-hydrogen) atoms. The van der Waals surface area contributed by atoms with Crippen molar-refractivity contribution >= 4 is 34.7 Å². The predicted molar refractivity (Wildman–Crippen MR) is 135 cm³/mol. The quantitative estimate of drug-likeness (QED) is 0.469. The Morgan fingerprint density at radius 2 is 1.12 bits per heavy atom. The van der Waals surface area contributed by atoms with Gasteiger partial charge in [0.2, 0.25) is 0 Å². The van der Waals surface area contributed by atoms with Gasteiger partial charge >= 0.3 is 196 Å². The van der Waals surface area contributed by atoms with E-state index in [9.17, 15) is 14.7 Å². The summed E-state index contributed by atoms with van der Waals surface area (Å²) >= 11 is 0. The topological polar surface area (TPSA) is 63.6 Å². The molecule has 1 aliphatic rings. The SMILES string of the molecule is O=C(O)CCC(=O)OP(c1ccccc1)(c1ccccc1)(c1ccccc1)C1CCCCC1. The Morgan fingerprint density at radius 3 is 1.52 bits per heavy atom. The first-order valence-electron chi connectivity index (χ1n) is 11.7. The maximum atomic E-state index is 13.5. The summed E-state index contributed by atoms with van der Waals surface area (Å²) in [4.78, 5) is 24.7. The first-order chi connectivity index (χ1) is 16.1. The first-order valence-corrected chi connectivity index (χ1v) is 13.9. The van der Waals surface area contributed by atoms with Gasteiger partial charge < -0.3 is 0 Å². The van der Waals surface area contributed by atoms with Crippen molar-refractivity contribution in [1.29, 1.82) is 0 Å². The number of carboxylic acid groups (broad SMARTS) is 1. The monoisotopic (exact) mass is 462 g/mol. The third kappa shape index (κ3) is 4.09. The van der Waals surface area contributed by atoms with E-state index >= 15 is 0 Å². The third-order valence-electron chi connectivity index (χ3n) is 6.91. The fourth-order valence-corrected chi connectivity index (χ4v) is 12.3. The summed E-state index contributed by atoms with van der Waals surface area (Å²) in [5.41, 5.74) is 0.130. The predicted octanol–water partition coefficient (Wildman–Crippen LogP) is 5.17. The van der Waals surface area contributed by atoms with Crippen LogP contribution in [0.5, 0.6) is 0 Å². The normalized spacial score (nSPS) is 15.8. The molecule has 172 valence electrons. The molecule has 1 N–H and O–H groups in total. The zero-order valence-corrected chi connectivity index (χ0v) is 19.7. The van der Waals surface area contributed by atoms with E-state index in [1.807, 2.05) is 54.6 Å². The van der Waals surface area contributed by atoms with Crippen LogP contribution in [-0.4, -0.2) is 22.7 Å². The van der Waals surface area contributed by atoms with E-state index in [1.54, 1.807) is 0 Å². The van der Waals surface area contributed by atoms with Gasteiger partial charge in [0.15, 0.2) is 0 Å².